The van der Waals surface area contributed by atoms with Gasteiger partial charge in [0, 0.05) is 26.2 Å². The number of rotatable bonds is 7. The van der Waals surface area contributed by atoms with Crippen LogP contribution in [0.5, 0.6) is 0 Å². The monoisotopic (exact) mass is 347 g/mol. The molecule has 2 rings (SSSR count). The fourth-order valence-electron chi connectivity index (χ4n) is 2.31. The van der Waals surface area contributed by atoms with Crippen LogP contribution in [0.3, 0.4) is 0 Å². The molecule has 2 N–H and O–H groups in total. The lowest BCUT2D eigenvalue weighted by molar-refractivity contribution is 0.388. The van der Waals surface area contributed by atoms with Crippen molar-refractivity contribution in [1.82, 2.24) is 14.3 Å². The molecule has 1 aromatic rings. The lowest BCUT2D eigenvalue weighted by Crippen LogP contribution is -2.42. The van der Waals surface area contributed by atoms with Crippen LogP contribution in [0.25, 0.3) is 0 Å². The molecule has 0 bridgehead atoms. The number of sulfonamides is 2. The Morgan fingerprint density at radius 2 is 1.91 bits per heavy atom. The largest absolute Gasteiger partial charge is 0.315 e. The maximum absolute atomic E-state index is 12.2. The second kappa shape index (κ2) is 7.05. The molecule has 0 saturated carbocycles. The van der Waals surface area contributed by atoms with Gasteiger partial charge in [-0.25, -0.2) is 25.9 Å². The van der Waals surface area contributed by atoms with E-state index in [0.29, 0.717) is 6.54 Å². The average molecular weight is 347 g/mol. The summed E-state index contributed by atoms with van der Waals surface area (Å²) in [5, 5.41) is 3.11. The molecule has 0 spiro atoms. The Balaban J connectivity index is 1.92. The van der Waals surface area contributed by atoms with Gasteiger partial charge in [-0.1, -0.05) is 18.2 Å². The molecule has 22 heavy (non-hydrogen) atoms. The van der Waals surface area contributed by atoms with E-state index in [0.717, 1.165) is 13.0 Å². The highest BCUT2D eigenvalue weighted by molar-refractivity contribution is 7.90. The van der Waals surface area contributed by atoms with Crippen LogP contribution < -0.4 is 10.0 Å². The van der Waals surface area contributed by atoms with Gasteiger partial charge in [0.25, 0.3) is 0 Å². The van der Waals surface area contributed by atoms with Gasteiger partial charge in [0.1, 0.15) is 0 Å². The molecule has 0 amide bonds. The van der Waals surface area contributed by atoms with Gasteiger partial charge in [-0.3, -0.25) is 0 Å². The second-order valence-corrected chi connectivity index (χ2v) is 9.10. The van der Waals surface area contributed by atoms with E-state index < -0.39 is 20.0 Å². The first-order valence-corrected chi connectivity index (χ1v) is 10.1. The SMILES string of the molecule is CN(C1CCNC1)S(=O)(=O)CCNS(=O)(=O)c1ccccc1. The molecule has 1 heterocycles. The maximum atomic E-state index is 12.2. The third-order valence-corrected chi connectivity index (χ3v) is 7.07. The Kier molecular flexibility index (Phi) is 5.56. The molecule has 1 aliphatic rings. The molecular weight excluding hydrogens is 326 g/mol. The fraction of sp³-hybridized carbons (Fsp3) is 0.538. The lowest BCUT2D eigenvalue weighted by Gasteiger charge is -2.23. The maximum Gasteiger partial charge on any atom is 0.240 e. The summed E-state index contributed by atoms with van der Waals surface area (Å²) in [5.74, 6) is -0.258. The van der Waals surface area contributed by atoms with Crippen molar-refractivity contribution in [1.29, 1.82) is 0 Å². The summed E-state index contributed by atoms with van der Waals surface area (Å²) in [6.45, 7) is 1.28. The highest BCUT2D eigenvalue weighted by Crippen LogP contribution is 2.12. The van der Waals surface area contributed by atoms with Crippen molar-refractivity contribution in [3.63, 3.8) is 0 Å². The van der Waals surface area contributed by atoms with E-state index in [1.807, 2.05) is 0 Å². The number of likely N-dealkylation sites (N-methyl/N-ethyl adjacent to an activating group) is 1. The number of hydrogen-bond acceptors (Lipinski definition) is 5. The highest BCUT2D eigenvalue weighted by atomic mass is 32.2. The summed E-state index contributed by atoms with van der Waals surface area (Å²) in [6, 6.07) is 7.82. The number of nitrogens with one attached hydrogen (secondary N) is 2. The van der Waals surface area contributed by atoms with Crippen molar-refractivity contribution in [2.75, 3.05) is 32.4 Å². The smallest absolute Gasteiger partial charge is 0.240 e. The van der Waals surface area contributed by atoms with E-state index in [4.69, 9.17) is 0 Å². The fourth-order valence-corrected chi connectivity index (χ4v) is 4.77. The Hall–Kier alpha value is -1.00. The van der Waals surface area contributed by atoms with E-state index in [-0.39, 0.29) is 23.2 Å². The van der Waals surface area contributed by atoms with Gasteiger partial charge >= 0.3 is 0 Å². The van der Waals surface area contributed by atoms with E-state index in [2.05, 4.69) is 10.0 Å². The summed E-state index contributed by atoms with van der Waals surface area (Å²) in [7, 11) is -5.61. The van der Waals surface area contributed by atoms with Crippen LogP contribution in [-0.4, -0.2) is 59.6 Å². The van der Waals surface area contributed by atoms with Crippen molar-refractivity contribution in [2.24, 2.45) is 0 Å². The normalized spacial score (nSPS) is 19.6. The van der Waals surface area contributed by atoms with Gasteiger partial charge in [-0.05, 0) is 25.1 Å². The predicted octanol–water partition coefficient (Wildman–Crippen LogP) is -0.412. The molecule has 1 aromatic carbocycles. The molecule has 1 atom stereocenters. The quantitative estimate of drug-likeness (QED) is 0.699. The highest BCUT2D eigenvalue weighted by Gasteiger charge is 2.28. The van der Waals surface area contributed by atoms with Crippen LogP contribution in [0.4, 0.5) is 0 Å². The zero-order chi connectivity index (χ0) is 16.2. The van der Waals surface area contributed by atoms with Crippen molar-refractivity contribution < 1.29 is 16.8 Å². The van der Waals surface area contributed by atoms with Gasteiger partial charge in [-0.2, -0.15) is 0 Å². The molecule has 1 unspecified atom stereocenters. The van der Waals surface area contributed by atoms with Crippen molar-refractivity contribution in [2.45, 2.75) is 17.4 Å². The zero-order valence-corrected chi connectivity index (χ0v) is 14.0. The lowest BCUT2D eigenvalue weighted by atomic mass is 10.3. The molecule has 9 heteroatoms. The van der Waals surface area contributed by atoms with Crippen LogP contribution in [0.15, 0.2) is 35.2 Å². The third kappa shape index (κ3) is 4.26. The Morgan fingerprint density at radius 3 is 2.50 bits per heavy atom. The minimum absolute atomic E-state index is 0.0595. The molecule has 1 aliphatic heterocycles. The molecule has 1 saturated heterocycles. The van der Waals surface area contributed by atoms with E-state index >= 15 is 0 Å². The third-order valence-electron chi connectivity index (χ3n) is 3.69. The van der Waals surface area contributed by atoms with Crippen molar-refractivity contribution >= 4 is 20.0 Å². The summed E-state index contributed by atoms with van der Waals surface area (Å²) in [6.07, 6.45) is 0.769. The standard InChI is InChI=1S/C13H21N3O4S2/c1-16(12-7-8-14-11-12)21(17,18)10-9-15-22(19,20)13-5-3-2-4-6-13/h2-6,12,14-15H,7-11H2,1H3. The topological polar surface area (TPSA) is 95.6 Å². The molecule has 0 aliphatic carbocycles. The zero-order valence-electron chi connectivity index (χ0n) is 12.4. The molecule has 7 nitrogen and oxygen atoms in total. The van der Waals surface area contributed by atoms with Crippen LogP contribution in [0.2, 0.25) is 0 Å². The Labute approximate surface area is 131 Å². The van der Waals surface area contributed by atoms with E-state index in [1.165, 1.54) is 16.4 Å². The first kappa shape index (κ1) is 17.4. The van der Waals surface area contributed by atoms with Gasteiger partial charge in [0.15, 0.2) is 0 Å². The Morgan fingerprint density at radius 1 is 1.23 bits per heavy atom. The average Bonchev–Trinajstić information content (AvgIpc) is 3.01. The summed E-state index contributed by atoms with van der Waals surface area (Å²) < 4.78 is 52.1. The molecular formula is C13H21N3O4S2. The van der Waals surface area contributed by atoms with Crippen LogP contribution in [0.1, 0.15) is 6.42 Å². The van der Waals surface area contributed by atoms with Gasteiger partial charge in [0.05, 0.1) is 10.6 Å². The van der Waals surface area contributed by atoms with E-state index in [1.54, 1.807) is 25.2 Å². The summed E-state index contributed by atoms with van der Waals surface area (Å²) >= 11 is 0. The number of nitrogens with zero attached hydrogens (tertiary/aromatic N) is 1. The first-order chi connectivity index (χ1) is 10.3. The van der Waals surface area contributed by atoms with Crippen molar-refractivity contribution in [3.8, 4) is 0 Å². The second-order valence-electron chi connectivity index (χ2n) is 5.19. The van der Waals surface area contributed by atoms with Crippen LogP contribution in [-0.2, 0) is 20.0 Å². The van der Waals surface area contributed by atoms with Gasteiger partial charge < -0.3 is 5.32 Å². The minimum atomic E-state index is -3.67. The minimum Gasteiger partial charge on any atom is -0.315 e. The van der Waals surface area contributed by atoms with Crippen LogP contribution >= 0.6 is 0 Å². The molecule has 0 radical (unpaired) electrons. The first-order valence-electron chi connectivity index (χ1n) is 7.04. The molecule has 124 valence electrons. The summed E-state index contributed by atoms with van der Waals surface area (Å²) in [5.41, 5.74) is 0. The van der Waals surface area contributed by atoms with Crippen LogP contribution in [0, 0.1) is 0 Å². The summed E-state index contributed by atoms with van der Waals surface area (Å²) in [4.78, 5) is 0.126. The number of benzene rings is 1. The molecule has 0 aromatic heterocycles. The van der Waals surface area contributed by atoms with Gasteiger partial charge in [-0.15, -0.1) is 0 Å². The van der Waals surface area contributed by atoms with Gasteiger partial charge in [0.2, 0.25) is 20.0 Å². The Bertz CT molecular complexity index is 683. The predicted molar refractivity (Wildman–Crippen MR) is 84.5 cm³/mol. The number of hydrogen-bond donors (Lipinski definition) is 2. The molecule has 1 fully saturated rings. The van der Waals surface area contributed by atoms with Crippen molar-refractivity contribution in [3.05, 3.63) is 30.3 Å². The van der Waals surface area contributed by atoms with E-state index in [9.17, 15) is 16.8 Å².